The topological polar surface area (TPSA) is 76.1 Å². The van der Waals surface area contributed by atoms with E-state index in [9.17, 15) is 13.2 Å². The summed E-state index contributed by atoms with van der Waals surface area (Å²) in [7, 11) is -3.69. The van der Waals surface area contributed by atoms with Crippen LogP contribution in [0.5, 0.6) is 0 Å². The number of pyridine rings is 1. The fourth-order valence-corrected chi connectivity index (χ4v) is 4.21. The fraction of sp³-hybridized carbons (Fsp3) is 0.400. The number of amides is 1. The molecule has 1 aromatic heterocycles. The second-order valence-electron chi connectivity index (χ2n) is 7.53. The first-order chi connectivity index (χ1) is 12.0. The normalized spacial score (nSPS) is 13.3. The van der Waals surface area contributed by atoms with Gasteiger partial charge in [0.2, 0.25) is 5.91 Å². The molecule has 0 aliphatic rings. The summed E-state index contributed by atoms with van der Waals surface area (Å²) in [5, 5.41) is 1.88. The maximum absolute atomic E-state index is 13.3. The number of nitrogens with zero attached hydrogens (tertiary/aromatic N) is 1. The van der Waals surface area contributed by atoms with Gasteiger partial charge < -0.3 is 5.32 Å². The van der Waals surface area contributed by atoms with Crippen LogP contribution in [0.3, 0.4) is 0 Å². The van der Waals surface area contributed by atoms with Crippen molar-refractivity contribution in [2.45, 2.75) is 44.8 Å². The number of hydrogen-bond donors (Lipinski definition) is 1. The van der Waals surface area contributed by atoms with Crippen molar-refractivity contribution in [1.82, 2.24) is 10.3 Å². The fourth-order valence-electron chi connectivity index (χ4n) is 2.48. The van der Waals surface area contributed by atoms with Gasteiger partial charge in [-0.1, -0.05) is 32.9 Å². The SMILES string of the molecule is Cc1ccc(S(=O)(=O)[C@@H](CNC(=O)C(C)(C)C)c2cccnc2)cc1C. The van der Waals surface area contributed by atoms with Gasteiger partial charge in [-0.25, -0.2) is 8.42 Å². The molecule has 2 aromatic rings. The van der Waals surface area contributed by atoms with Gasteiger partial charge in [0, 0.05) is 24.4 Å². The third kappa shape index (κ3) is 4.49. The van der Waals surface area contributed by atoms with E-state index >= 15 is 0 Å². The van der Waals surface area contributed by atoms with Gasteiger partial charge in [0.1, 0.15) is 5.25 Å². The standard InChI is InChI=1S/C20H26N2O3S/c1-14-8-9-17(11-15(14)2)26(24,25)18(16-7-6-10-21-12-16)13-22-19(23)20(3,4)5/h6-12,18H,13H2,1-5H3,(H,22,23)/t18-/m0/s1. The molecule has 140 valence electrons. The molecule has 6 heteroatoms. The molecule has 0 bridgehead atoms. The molecule has 1 amide bonds. The van der Waals surface area contributed by atoms with Crippen LogP contribution >= 0.6 is 0 Å². The summed E-state index contributed by atoms with van der Waals surface area (Å²) in [6.45, 7) is 9.19. The van der Waals surface area contributed by atoms with E-state index in [-0.39, 0.29) is 17.3 Å². The molecular formula is C20H26N2O3S. The number of carbonyl (C=O) groups excluding carboxylic acids is 1. The average Bonchev–Trinajstić information content (AvgIpc) is 2.57. The number of sulfone groups is 1. The summed E-state index contributed by atoms with van der Waals surface area (Å²) < 4.78 is 26.6. The van der Waals surface area contributed by atoms with Gasteiger partial charge in [-0.05, 0) is 48.7 Å². The highest BCUT2D eigenvalue weighted by Crippen LogP contribution is 2.29. The lowest BCUT2D eigenvalue weighted by Gasteiger charge is -2.22. The average molecular weight is 375 g/mol. The first-order valence-electron chi connectivity index (χ1n) is 8.53. The van der Waals surface area contributed by atoms with Gasteiger partial charge in [0.15, 0.2) is 9.84 Å². The minimum atomic E-state index is -3.69. The van der Waals surface area contributed by atoms with Crippen LogP contribution in [-0.4, -0.2) is 25.9 Å². The highest BCUT2D eigenvalue weighted by molar-refractivity contribution is 7.91. The molecule has 0 radical (unpaired) electrons. The lowest BCUT2D eigenvalue weighted by atomic mass is 9.95. The van der Waals surface area contributed by atoms with Crippen molar-refractivity contribution in [3.63, 3.8) is 0 Å². The Balaban J connectivity index is 2.42. The predicted molar refractivity (Wildman–Crippen MR) is 103 cm³/mol. The summed E-state index contributed by atoms with van der Waals surface area (Å²) in [5.74, 6) is -0.193. The minimum absolute atomic E-state index is 0.00292. The third-order valence-electron chi connectivity index (χ3n) is 4.37. The molecule has 1 aromatic carbocycles. The van der Waals surface area contributed by atoms with Gasteiger partial charge in [0.25, 0.3) is 0 Å². The molecule has 0 spiro atoms. The molecule has 5 nitrogen and oxygen atoms in total. The molecule has 0 aliphatic carbocycles. The van der Waals surface area contributed by atoms with E-state index in [0.717, 1.165) is 11.1 Å². The molecule has 26 heavy (non-hydrogen) atoms. The number of aromatic nitrogens is 1. The summed E-state index contributed by atoms with van der Waals surface area (Å²) >= 11 is 0. The molecule has 1 atom stereocenters. The molecule has 0 saturated heterocycles. The van der Waals surface area contributed by atoms with E-state index in [4.69, 9.17) is 0 Å². The van der Waals surface area contributed by atoms with Gasteiger partial charge in [0.05, 0.1) is 4.90 Å². The van der Waals surface area contributed by atoms with E-state index in [1.165, 1.54) is 6.20 Å². The van der Waals surface area contributed by atoms with Crippen molar-refractivity contribution >= 4 is 15.7 Å². The second-order valence-corrected chi connectivity index (χ2v) is 9.66. The molecule has 0 saturated carbocycles. The summed E-state index contributed by atoms with van der Waals surface area (Å²) in [4.78, 5) is 16.5. The van der Waals surface area contributed by atoms with Crippen molar-refractivity contribution in [2.75, 3.05) is 6.54 Å². The Morgan fingerprint density at radius 2 is 1.85 bits per heavy atom. The minimum Gasteiger partial charge on any atom is -0.354 e. The number of nitrogens with one attached hydrogen (secondary N) is 1. The van der Waals surface area contributed by atoms with Crippen molar-refractivity contribution in [1.29, 1.82) is 0 Å². The van der Waals surface area contributed by atoms with E-state index < -0.39 is 20.5 Å². The Labute approximate surface area is 155 Å². The van der Waals surface area contributed by atoms with Crippen LogP contribution in [0.15, 0.2) is 47.6 Å². The lowest BCUT2D eigenvalue weighted by molar-refractivity contribution is -0.128. The third-order valence-corrected chi connectivity index (χ3v) is 6.47. The predicted octanol–water partition coefficient (Wildman–Crippen LogP) is 3.38. The first-order valence-corrected chi connectivity index (χ1v) is 10.1. The lowest BCUT2D eigenvalue weighted by Crippen LogP contribution is -2.38. The van der Waals surface area contributed by atoms with E-state index in [2.05, 4.69) is 10.3 Å². The molecule has 0 aliphatic heterocycles. The van der Waals surface area contributed by atoms with Crippen LogP contribution in [0.2, 0.25) is 0 Å². The van der Waals surface area contributed by atoms with E-state index in [1.54, 1.807) is 57.3 Å². The number of hydrogen-bond acceptors (Lipinski definition) is 4. The van der Waals surface area contributed by atoms with E-state index in [1.807, 2.05) is 13.8 Å². The largest absolute Gasteiger partial charge is 0.354 e. The quantitative estimate of drug-likeness (QED) is 0.870. The Morgan fingerprint density at radius 3 is 2.38 bits per heavy atom. The maximum atomic E-state index is 13.3. The molecule has 0 fully saturated rings. The number of aryl methyl sites for hydroxylation is 2. The maximum Gasteiger partial charge on any atom is 0.225 e. The second kappa shape index (κ2) is 7.58. The zero-order valence-corrected chi connectivity index (χ0v) is 16.7. The van der Waals surface area contributed by atoms with Gasteiger partial charge >= 0.3 is 0 Å². The van der Waals surface area contributed by atoms with Crippen LogP contribution in [0.25, 0.3) is 0 Å². The molecular weight excluding hydrogens is 348 g/mol. The Kier molecular flexibility index (Phi) is 5.86. The summed E-state index contributed by atoms with van der Waals surface area (Å²) in [6, 6.07) is 8.52. The van der Waals surface area contributed by atoms with Crippen LogP contribution < -0.4 is 5.32 Å². The highest BCUT2D eigenvalue weighted by atomic mass is 32.2. The first kappa shape index (κ1) is 20.1. The van der Waals surface area contributed by atoms with Crippen LogP contribution in [0.1, 0.15) is 42.7 Å². The van der Waals surface area contributed by atoms with Gasteiger partial charge in [-0.15, -0.1) is 0 Å². The van der Waals surface area contributed by atoms with Gasteiger partial charge in [-0.3, -0.25) is 9.78 Å². The Morgan fingerprint density at radius 1 is 1.15 bits per heavy atom. The van der Waals surface area contributed by atoms with Crippen molar-refractivity contribution in [3.8, 4) is 0 Å². The summed E-state index contributed by atoms with van der Waals surface area (Å²) in [5.41, 5.74) is 1.90. The number of benzene rings is 1. The highest BCUT2D eigenvalue weighted by Gasteiger charge is 2.31. The number of carbonyl (C=O) groups is 1. The van der Waals surface area contributed by atoms with Crippen LogP contribution in [-0.2, 0) is 14.6 Å². The molecule has 1 heterocycles. The van der Waals surface area contributed by atoms with Crippen LogP contribution in [0.4, 0.5) is 0 Å². The monoisotopic (exact) mass is 374 g/mol. The molecule has 0 unspecified atom stereocenters. The zero-order chi connectivity index (χ0) is 19.5. The number of rotatable bonds is 5. The summed E-state index contributed by atoms with van der Waals surface area (Å²) in [6.07, 6.45) is 3.13. The molecule has 1 N–H and O–H groups in total. The van der Waals surface area contributed by atoms with Crippen molar-refractivity contribution < 1.29 is 13.2 Å². The van der Waals surface area contributed by atoms with Crippen LogP contribution in [0, 0.1) is 19.3 Å². The Bertz CT molecular complexity index is 885. The van der Waals surface area contributed by atoms with Gasteiger partial charge in [-0.2, -0.15) is 0 Å². The van der Waals surface area contributed by atoms with Crippen molar-refractivity contribution in [2.24, 2.45) is 5.41 Å². The van der Waals surface area contributed by atoms with Crippen molar-refractivity contribution in [3.05, 3.63) is 59.4 Å². The zero-order valence-electron chi connectivity index (χ0n) is 15.9. The Hall–Kier alpha value is -2.21. The smallest absolute Gasteiger partial charge is 0.225 e. The molecule has 2 rings (SSSR count). The van der Waals surface area contributed by atoms with E-state index in [0.29, 0.717) is 5.56 Å².